The lowest BCUT2D eigenvalue weighted by Gasteiger charge is -2.20. The van der Waals surface area contributed by atoms with Crippen molar-refractivity contribution in [1.82, 2.24) is 0 Å². The number of para-hydroxylation sites is 1. The standard InChI is InChI=1S/C19H21BrO4S/c1-19(2,3)13-6-4-7-15(10-13)25(21,22)17-9-5-8-16(20)18(17)24-12-14-11-23-14/h4-10,14H,11-12H2,1-3H3. The molecule has 0 amide bonds. The zero-order valence-corrected chi connectivity index (χ0v) is 16.9. The predicted octanol–water partition coefficient (Wildman–Crippen LogP) is 4.36. The van der Waals surface area contributed by atoms with E-state index in [2.05, 4.69) is 36.7 Å². The number of ether oxygens (including phenoxy) is 2. The van der Waals surface area contributed by atoms with Crippen molar-refractivity contribution in [2.75, 3.05) is 13.2 Å². The summed E-state index contributed by atoms with van der Waals surface area (Å²) in [6.45, 7) is 7.17. The minimum atomic E-state index is -3.70. The zero-order valence-electron chi connectivity index (χ0n) is 14.5. The van der Waals surface area contributed by atoms with E-state index in [1.54, 1.807) is 36.4 Å². The fraction of sp³-hybridized carbons (Fsp3) is 0.368. The van der Waals surface area contributed by atoms with Gasteiger partial charge >= 0.3 is 0 Å². The van der Waals surface area contributed by atoms with Crippen LogP contribution in [-0.2, 0) is 20.0 Å². The molecular formula is C19H21BrO4S. The Kier molecular flexibility index (Phi) is 4.97. The molecule has 0 aliphatic carbocycles. The van der Waals surface area contributed by atoms with Crippen molar-refractivity contribution in [2.24, 2.45) is 0 Å². The van der Waals surface area contributed by atoms with Gasteiger partial charge in [0, 0.05) is 0 Å². The van der Waals surface area contributed by atoms with Crippen LogP contribution < -0.4 is 4.74 Å². The Balaban J connectivity index is 2.04. The lowest BCUT2D eigenvalue weighted by Crippen LogP contribution is -2.13. The van der Waals surface area contributed by atoms with Gasteiger partial charge in [0.1, 0.15) is 17.6 Å². The first-order chi connectivity index (χ1) is 11.7. The Bertz CT molecular complexity index is 881. The Hall–Kier alpha value is -1.37. The maximum Gasteiger partial charge on any atom is 0.210 e. The molecule has 2 aromatic carbocycles. The normalized spacial score (nSPS) is 17.4. The summed E-state index contributed by atoms with van der Waals surface area (Å²) in [5, 5.41) is 0. The van der Waals surface area contributed by atoms with Crippen molar-refractivity contribution in [3.05, 3.63) is 52.5 Å². The van der Waals surface area contributed by atoms with Gasteiger partial charge in [0.25, 0.3) is 0 Å². The fourth-order valence-electron chi connectivity index (χ4n) is 2.44. The van der Waals surface area contributed by atoms with Gasteiger partial charge in [-0.2, -0.15) is 0 Å². The number of benzene rings is 2. The van der Waals surface area contributed by atoms with Gasteiger partial charge in [-0.1, -0.05) is 39.0 Å². The lowest BCUT2D eigenvalue weighted by atomic mass is 9.87. The second-order valence-corrected chi connectivity index (χ2v) is 9.89. The van der Waals surface area contributed by atoms with Gasteiger partial charge in [-0.15, -0.1) is 0 Å². The van der Waals surface area contributed by atoms with Gasteiger partial charge in [0.15, 0.2) is 5.75 Å². The summed E-state index contributed by atoms with van der Waals surface area (Å²) in [4.78, 5) is 0.430. The number of rotatable bonds is 5. The third kappa shape index (κ3) is 4.07. The first kappa shape index (κ1) is 18.4. The molecule has 1 atom stereocenters. The van der Waals surface area contributed by atoms with E-state index in [1.165, 1.54) is 0 Å². The molecular weight excluding hydrogens is 404 g/mol. The predicted molar refractivity (Wildman–Crippen MR) is 100.0 cm³/mol. The minimum Gasteiger partial charge on any atom is -0.488 e. The van der Waals surface area contributed by atoms with Crippen LogP contribution in [0.4, 0.5) is 0 Å². The summed E-state index contributed by atoms with van der Waals surface area (Å²) in [7, 11) is -3.70. The molecule has 0 saturated carbocycles. The molecule has 25 heavy (non-hydrogen) atoms. The average Bonchev–Trinajstić information content (AvgIpc) is 3.37. The molecule has 0 radical (unpaired) electrons. The molecule has 1 fully saturated rings. The average molecular weight is 425 g/mol. The van der Waals surface area contributed by atoms with Gasteiger partial charge in [0.2, 0.25) is 9.84 Å². The molecule has 134 valence electrons. The fourth-order valence-corrected chi connectivity index (χ4v) is 4.51. The van der Waals surface area contributed by atoms with Crippen molar-refractivity contribution in [1.29, 1.82) is 0 Å². The summed E-state index contributed by atoms with van der Waals surface area (Å²) >= 11 is 3.40. The Labute approximate surface area is 157 Å². The van der Waals surface area contributed by atoms with Crippen LogP contribution in [0.3, 0.4) is 0 Å². The van der Waals surface area contributed by atoms with E-state index >= 15 is 0 Å². The van der Waals surface area contributed by atoms with Gasteiger partial charge in [-0.25, -0.2) is 8.42 Å². The van der Waals surface area contributed by atoms with Crippen LogP contribution in [0.1, 0.15) is 26.3 Å². The van der Waals surface area contributed by atoms with Crippen LogP contribution in [0.2, 0.25) is 0 Å². The highest BCUT2D eigenvalue weighted by atomic mass is 79.9. The van der Waals surface area contributed by atoms with Crippen LogP contribution >= 0.6 is 15.9 Å². The molecule has 1 aliphatic heterocycles. The smallest absolute Gasteiger partial charge is 0.210 e. The van der Waals surface area contributed by atoms with Crippen LogP contribution in [-0.4, -0.2) is 27.7 Å². The van der Waals surface area contributed by atoms with Crippen LogP contribution in [0.25, 0.3) is 0 Å². The summed E-state index contributed by atoms with van der Waals surface area (Å²) in [6, 6.07) is 12.1. The summed E-state index contributed by atoms with van der Waals surface area (Å²) in [6.07, 6.45) is 0.0480. The highest BCUT2D eigenvalue weighted by Crippen LogP contribution is 2.37. The Morgan fingerprint density at radius 1 is 1.20 bits per heavy atom. The maximum atomic E-state index is 13.2. The van der Waals surface area contributed by atoms with Crippen LogP contribution in [0.5, 0.6) is 5.75 Å². The number of halogens is 1. The summed E-state index contributed by atoms with van der Waals surface area (Å²) < 4.78 is 37.9. The summed E-state index contributed by atoms with van der Waals surface area (Å²) in [5.41, 5.74) is 0.836. The van der Waals surface area contributed by atoms with E-state index in [0.717, 1.165) is 5.56 Å². The third-order valence-electron chi connectivity index (χ3n) is 4.05. The third-order valence-corrected chi connectivity index (χ3v) is 6.45. The van der Waals surface area contributed by atoms with Gasteiger partial charge in [-0.05, 0) is 51.2 Å². The Morgan fingerprint density at radius 2 is 1.88 bits per heavy atom. The highest BCUT2D eigenvalue weighted by molar-refractivity contribution is 9.10. The number of sulfone groups is 1. The maximum absolute atomic E-state index is 13.2. The van der Waals surface area contributed by atoms with E-state index in [4.69, 9.17) is 9.47 Å². The van der Waals surface area contributed by atoms with Crippen molar-refractivity contribution in [2.45, 2.75) is 42.1 Å². The lowest BCUT2D eigenvalue weighted by molar-refractivity contribution is 0.256. The zero-order chi connectivity index (χ0) is 18.2. The van der Waals surface area contributed by atoms with Crippen LogP contribution in [0.15, 0.2) is 56.7 Å². The highest BCUT2D eigenvalue weighted by Gasteiger charge is 2.28. The quantitative estimate of drug-likeness (QED) is 0.669. The van der Waals surface area contributed by atoms with Crippen molar-refractivity contribution >= 4 is 25.8 Å². The number of hydrogen-bond acceptors (Lipinski definition) is 4. The van der Waals surface area contributed by atoms with Crippen LogP contribution in [0, 0.1) is 0 Å². The molecule has 0 aromatic heterocycles. The molecule has 4 nitrogen and oxygen atoms in total. The van der Waals surface area contributed by atoms with E-state index in [9.17, 15) is 8.42 Å². The molecule has 1 heterocycles. The van der Waals surface area contributed by atoms with Crippen molar-refractivity contribution in [3.63, 3.8) is 0 Å². The van der Waals surface area contributed by atoms with Gasteiger partial charge < -0.3 is 9.47 Å². The number of hydrogen-bond donors (Lipinski definition) is 0. The molecule has 1 aliphatic rings. The first-order valence-electron chi connectivity index (χ1n) is 8.08. The monoisotopic (exact) mass is 424 g/mol. The topological polar surface area (TPSA) is 55.9 Å². The van der Waals surface area contributed by atoms with Crippen molar-refractivity contribution in [3.8, 4) is 5.75 Å². The van der Waals surface area contributed by atoms with E-state index in [0.29, 0.717) is 23.4 Å². The SMILES string of the molecule is CC(C)(C)c1cccc(S(=O)(=O)c2cccc(Br)c2OCC2CO2)c1. The molecule has 2 aromatic rings. The molecule has 0 N–H and O–H groups in total. The molecule has 0 spiro atoms. The minimum absolute atomic E-state index is 0.0480. The van der Waals surface area contributed by atoms with E-state index in [-0.39, 0.29) is 21.3 Å². The van der Waals surface area contributed by atoms with Crippen molar-refractivity contribution < 1.29 is 17.9 Å². The molecule has 1 saturated heterocycles. The molecule has 1 unspecified atom stereocenters. The molecule has 0 bridgehead atoms. The summed E-state index contributed by atoms with van der Waals surface area (Å²) in [5.74, 6) is 0.333. The molecule has 6 heteroatoms. The largest absolute Gasteiger partial charge is 0.488 e. The van der Waals surface area contributed by atoms with E-state index < -0.39 is 9.84 Å². The van der Waals surface area contributed by atoms with Gasteiger partial charge in [-0.3, -0.25) is 0 Å². The van der Waals surface area contributed by atoms with Gasteiger partial charge in [0.05, 0.1) is 16.0 Å². The first-order valence-corrected chi connectivity index (χ1v) is 10.4. The number of epoxide rings is 1. The Morgan fingerprint density at radius 3 is 2.52 bits per heavy atom. The second kappa shape index (κ2) is 6.74. The van der Waals surface area contributed by atoms with E-state index in [1.807, 2.05) is 6.07 Å². The molecule has 3 rings (SSSR count). The second-order valence-electron chi connectivity index (χ2n) is 7.11.